The first kappa shape index (κ1) is 30.2. The second-order valence-electron chi connectivity index (χ2n) is 10.3. The van der Waals surface area contributed by atoms with Crippen LogP contribution in [0.1, 0.15) is 44.0 Å². The summed E-state index contributed by atoms with van der Waals surface area (Å²) in [6, 6.07) is 7.22. The molecule has 0 saturated carbocycles. The summed E-state index contributed by atoms with van der Waals surface area (Å²) in [5.41, 5.74) is 9.39. The molecule has 3 nitrogen and oxygen atoms in total. The van der Waals surface area contributed by atoms with Crippen LogP contribution in [0.25, 0.3) is 17.3 Å². The largest absolute Gasteiger partial charge is 0.294 e. The van der Waals surface area contributed by atoms with Crippen LogP contribution in [0.4, 0.5) is 4.39 Å². The van der Waals surface area contributed by atoms with E-state index in [9.17, 15) is 9.18 Å². The van der Waals surface area contributed by atoms with Crippen LogP contribution in [0.3, 0.4) is 0 Å². The molecule has 1 aromatic carbocycles. The van der Waals surface area contributed by atoms with E-state index < -0.39 is 5.82 Å². The van der Waals surface area contributed by atoms with Crippen LogP contribution >= 0.6 is 46.4 Å². The third-order valence-electron chi connectivity index (χ3n) is 6.60. The Kier molecular flexibility index (Phi) is 9.35. The van der Waals surface area contributed by atoms with Gasteiger partial charge in [-0.1, -0.05) is 64.8 Å². The van der Waals surface area contributed by atoms with E-state index >= 15 is 0 Å². The van der Waals surface area contributed by atoms with Gasteiger partial charge in [-0.05, 0) is 81.3 Å². The number of benzene rings is 1. The van der Waals surface area contributed by atoms with Crippen molar-refractivity contribution < 1.29 is 4.39 Å². The highest BCUT2D eigenvalue weighted by atomic mass is 35.5. The number of hydrogen-bond acceptors (Lipinski definition) is 2. The molecule has 0 radical (unpaired) electrons. The van der Waals surface area contributed by atoms with Gasteiger partial charge in [-0.15, -0.1) is 5.73 Å². The van der Waals surface area contributed by atoms with Crippen LogP contribution in [0.5, 0.6) is 0 Å². The van der Waals surface area contributed by atoms with Gasteiger partial charge in [0.05, 0.1) is 20.8 Å². The summed E-state index contributed by atoms with van der Waals surface area (Å²) in [5, 5.41) is 0.820. The topological polar surface area (TPSA) is 25.2 Å². The highest BCUT2D eigenvalue weighted by molar-refractivity contribution is 6.40. The van der Waals surface area contributed by atoms with E-state index in [-0.39, 0.29) is 36.9 Å². The average Bonchev–Trinajstić information content (AvgIpc) is 3.00. The van der Waals surface area contributed by atoms with E-state index in [4.69, 9.17) is 46.4 Å². The van der Waals surface area contributed by atoms with Gasteiger partial charge in [-0.25, -0.2) is 4.39 Å². The number of pyridine rings is 1. The maximum absolute atomic E-state index is 14.0. The maximum Gasteiger partial charge on any atom is 0.256 e. The molecule has 2 aromatic rings. The van der Waals surface area contributed by atoms with Crippen molar-refractivity contribution in [3.8, 4) is 0 Å². The number of rotatable bonds is 5. The lowest BCUT2D eigenvalue weighted by molar-refractivity contribution is 0.150. The third-order valence-corrected chi connectivity index (χ3v) is 7.63. The fourth-order valence-electron chi connectivity index (χ4n) is 4.50. The molecule has 8 heteroatoms. The Morgan fingerprint density at radius 1 is 1.10 bits per heavy atom. The molecule has 0 N–H and O–H groups in total. The lowest BCUT2D eigenvalue weighted by Crippen LogP contribution is -2.43. The molecule has 1 aliphatic heterocycles. The molecule has 0 saturated heterocycles. The van der Waals surface area contributed by atoms with E-state index in [1.807, 2.05) is 6.08 Å². The van der Waals surface area contributed by atoms with E-state index in [2.05, 4.69) is 49.8 Å². The molecule has 0 amide bonds. The van der Waals surface area contributed by atoms with E-state index in [0.717, 1.165) is 25.1 Å². The third kappa shape index (κ3) is 6.74. The summed E-state index contributed by atoms with van der Waals surface area (Å²) in [7, 11) is 0. The van der Waals surface area contributed by atoms with Gasteiger partial charge in [0, 0.05) is 46.4 Å². The van der Waals surface area contributed by atoms with Gasteiger partial charge in [0.1, 0.15) is 11.5 Å². The smallest absolute Gasteiger partial charge is 0.256 e. The van der Waals surface area contributed by atoms with Crippen molar-refractivity contribution in [2.75, 3.05) is 13.1 Å². The molecule has 0 bridgehead atoms. The van der Waals surface area contributed by atoms with Gasteiger partial charge in [-0.2, -0.15) is 0 Å². The minimum atomic E-state index is -0.465. The number of nitrogens with zero attached hydrogens (tertiary/aromatic N) is 2. The van der Waals surface area contributed by atoms with E-state index in [1.54, 1.807) is 12.1 Å². The predicted molar refractivity (Wildman–Crippen MR) is 167 cm³/mol. The minimum Gasteiger partial charge on any atom is -0.294 e. The predicted octanol–water partition coefficient (Wildman–Crippen LogP) is 9.12. The summed E-state index contributed by atoms with van der Waals surface area (Å²) in [4.78, 5) is 15.6. The first-order valence-electron chi connectivity index (χ1n) is 12.6. The molecular weight excluding hydrogens is 589 g/mol. The summed E-state index contributed by atoms with van der Waals surface area (Å²) in [6.45, 7) is 12.3. The molecule has 1 aliphatic carbocycles. The summed E-state index contributed by atoms with van der Waals surface area (Å²) < 4.78 is 15.4. The second kappa shape index (κ2) is 12.4. The van der Waals surface area contributed by atoms with Crippen LogP contribution in [0, 0.1) is 5.82 Å². The Hall–Kier alpha value is -2.78. The van der Waals surface area contributed by atoms with Crippen molar-refractivity contribution in [1.82, 2.24) is 9.47 Å². The fourth-order valence-corrected chi connectivity index (χ4v) is 5.55. The molecule has 2 aliphatic rings. The first-order valence-corrected chi connectivity index (χ1v) is 14.1. The molecule has 2 heterocycles. The fraction of sp³-hybridized carbons (Fsp3) is 0.219. The zero-order valence-electron chi connectivity index (χ0n) is 22.3. The van der Waals surface area contributed by atoms with Crippen molar-refractivity contribution in [3.05, 3.63) is 131 Å². The molecule has 0 fully saturated rings. The lowest BCUT2D eigenvalue weighted by Gasteiger charge is -2.37. The van der Waals surface area contributed by atoms with Crippen molar-refractivity contribution in [1.29, 1.82) is 0 Å². The molecular formula is C32H27Cl4FN2O. The zero-order valence-corrected chi connectivity index (χ0v) is 25.3. The van der Waals surface area contributed by atoms with Gasteiger partial charge < -0.3 is 0 Å². The first-order chi connectivity index (χ1) is 18.9. The van der Waals surface area contributed by atoms with Crippen LogP contribution in [0.2, 0.25) is 5.02 Å². The number of hydrogen-bond donors (Lipinski definition) is 0. The molecule has 0 spiro atoms. The molecule has 40 heavy (non-hydrogen) atoms. The average molecular weight is 616 g/mol. The summed E-state index contributed by atoms with van der Waals surface area (Å²) in [5.74, 6) is -0.465. The van der Waals surface area contributed by atoms with Gasteiger partial charge in [0.2, 0.25) is 0 Å². The number of allylic oxidation sites excluding steroid dienone is 6. The number of aromatic nitrogens is 1. The van der Waals surface area contributed by atoms with Crippen molar-refractivity contribution >= 4 is 63.7 Å². The molecule has 0 unspecified atom stereocenters. The monoisotopic (exact) mass is 614 g/mol. The Balaban J connectivity index is 1.97. The zero-order chi connectivity index (χ0) is 29.2. The Labute approximate surface area is 253 Å². The summed E-state index contributed by atoms with van der Waals surface area (Å²) in [6.07, 6.45) is 9.42. The normalized spacial score (nSPS) is 16.1. The van der Waals surface area contributed by atoms with Crippen LogP contribution in [0.15, 0.2) is 98.1 Å². The molecule has 206 valence electrons. The lowest BCUT2D eigenvalue weighted by atomic mass is 9.95. The van der Waals surface area contributed by atoms with E-state index in [1.165, 1.54) is 41.0 Å². The van der Waals surface area contributed by atoms with Gasteiger partial charge in [0.25, 0.3) is 5.56 Å². The molecule has 0 atom stereocenters. The quantitative estimate of drug-likeness (QED) is 0.313. The van der Waals surface area contributed by atoms with Crippen LogP contribution in [-0.2, 0) is 0 Å². The summed E-state index contributed by atoms with van der Waals surface area (Å²) >= 11 is 25.6. The molecule has 1 aromatic heterocycles. The van der Waals surface area contributed by atoms with Crippen LogP contribution < -0.4 is 5.56 Å². The maximum atomic E-state index is 14.0. The Morgan fingerprint density at radius 2 is 1.82 bits per heavy atom. The SMILES string of the molecule is C=Cc1c(C(=C=CC2=CCN(C(C)(C)C)CC2)c2ccc(F)cc2Cl)ccc(=O)n1C1=C=C(Cl)C=C(Cl)C=C1Cl. The highest BCUT2D eigenvalue weighted by Crippen LogP contribution is 2.34. The standard InChI is InChI=1S/C32H27Cl4FN2O/c1-5-29-26(10-11-31(40)39(29)30-18-22(34)16-21(33)17-28(30)36)24(25-9-7-23(37)19-27(25)35)8-6-20-12-14-38(15-13-20)32(2,3)4/h5-7,9-12,16-17,19H,1,13-15H2,2-4H3. The van der Waals surface area contributed by atoms with Gasteiger partial charge in [0.15, 0.2) is 0 Å². The second-order valence-corrected chi connectivity index (χ2v) is 11.9. The van der Waals surface area contributed by atoms with E-state index in [0.29, 0.717) is 22.4 Å². The molecule has 4 rings (SSSR count). The number of halogens is 5. The van der Waals surface area contributed by atoms with Crippen molar-refractivity contribution in [2.24, 2.45) is 0 Å². The minimum absolute atomic E-state index is 0.0699. The van der Waals surface area contributed by atoms with Gasteiger partial charge >= 0.3 is 0 Å². The van der Waals surface area contributed by atoms with Gasteiger partial charge in [-0.3, -0.25) is 14.3 Å². The highest BCUT2D eigenvalue weighted by Gasteiger charge is 2.23. The van der Waals surface area contributed by atoms with Crippen molar-refractivity contribution in [3.63, 3.8) is 0 Å². The Morgan fingerprint density at radius 3 is 2.45 bits per heavy atom. The Bertz CT molecular complexity index is 1670. The van der Waals surface area contributed by atoms with Crippen molar-refractivity contribution in [2.45, 2.75) is 32.7 Å². The van der Waals surface area contributed by atoms with Crippen LogP contribution in [-0.4, -0.2) is 28.1 Å².